The largest absolute Gasteiger partial charge is 0.494 e. The number of nitrogens with one attached hydrogen (secondary N) is 1. The van der Waals surface area contributed by atoms with Crippen molar-refractivity contribution in [3.05, 3.63) is 48.3 Å². The van der Waals surface area contributed by atoms with Gasteiger partial charge in [0, 0.05) is 49.9 Å². The number of ether oxygens (including phenoxy) is 2. The quantitative estimate of drug-likeness (QED) is 0.274. The number of anilines is 4. The second-order valence-corrected chi connectivity index (χ2v) is 9.90. The number of aryl methyl sites for hydroxylation is 2. The molecule has 9 nitrogen and oxygen atoms in total. The van der Waals surface area contributed by atoms with Crippen LogP contribution in [0.2, 0.25) is 0 Å². The Morgan fingerprint density at radius 3 is 2.72 bits per heavy atom. The van der Waals surface area contributed by atoms with Gasteiger partial charge in [0.1, 0.15) is 11.4 Å². The van der Waals surface area contributed by atoms with E-state index in [4.69, 9.17) is 15.2 Å². The van der Waals surface area contributed by atoms with Crippen molar-refractivity contribution in [3.63, 3.8) is 0 Å². The Hall–Kier alpha value is -4.12. The molecule has 0 saturated heterocycles. The van der Waals surface area contributed by atoms with Gasteiger partial charge in [-0.2, -0.15) is 8.78 Å². The van der Waals surface area contributed by atoms with Gasteiger partial charge < -0.3 is 34.9 Å². The number of hydrogen-bond acceptors (Lipinski definition) is 8. The average Bonchev–Trinajstić information content (AvgIpc) is 3.28. The summed E-state index contributed by atoms with van der Waals surface area (Å²) < 4.78 is 39.3. The van der Waals surface area contributed by atoms with Crippen molar-refractivity contribution in [3.8, 4) is 22.8 Å². The first kappa shape index (κ1) is 26.5. The van der Waals surface area contributed by atoms with Crippen molar-refractivity contribution in [2.75, 3.05) is 57.3 Å². The van der Waals surface area contributed by atoms with Crippen LogP contribution in [0.4, 0.5) is 31.8 Å². The lowest BCUT2D eigenvalue weighted by atomic mass is 10.0. The van der Waals surface area contributed by atoms with Crippen LogP contribution in [-0.4, -0.2) is 67.4 Å². The summed E-state index contributed by atoms with van der Waals surface area (Å²) in [5.74, 6) is 0.648. The molecule has 39 heavy (non-hydrogen) atoms. The molecule has 2 aromatic heterocycles. The summed E-state index contributed by atoms with van der Waals surface area (Å²) in [5.41, 5.74) is 11.6. The summed E-state index contributed by atoms with van der Waals surface area (Å²) in [7, 11) is 7.57. The zero-order valence-corrected chi connectivity index (χ0v) is 22.5. The lowest BCUT2D eigenvalue weighted by molar-refractivity contribution is -0.0498. The van der Waals surface area contributed by atoms with Gasteiger partial charge in [-0.25, -0.2) is 9.97 Å². The van der Waals surface area contributed by atoms with E-state index < -0.39 is 6.61 Å². The number of methoxy groups -OCH3 is 1. The van der Waals surface area contributed by atoms with Gasteiger partial charge in [-0.1, -0.05) is 18.2 Å². The van der Waals surface area contributed by atoms with E-state index in [1.54, 1.807) is 13.2 Å². The minimum atomic E-state index is -3.01. The molecule has 0 saturated carbocycles. The highest BCUT2D eigenvalue weighted by molar-refractivity contribution is 5.98. The Bertz CT molecular complexity index is 1490. The number of nitrogens with zero attached hydrogens (tertiary/aromatic N) is 5. The highest BCUT2D eigenvalue weighted by Gasteiger charge is 2.23. The predicted molar refractivity (Wildman–Crippen MR) is 150 cm³/mol. The van der Waals surface area contributed by atoms with Gasteiger partial charge in [0.15, 0.2) is 5.75 Å². The normalized spacial score (nSPS) is 12.8. The van der Waals surface area contributed by atoms with E-state index in [-0.39, 0.29) is 17.4 Å². The van der Waals surface area contributed by atoms with E-state index in [2.05, 4.69) is 35.7 Å². The smallest absolute Gasteiger partial charge is 0.387 e. The van der Waals surface area contributed by atoms with E-state index in [9.17, 15) is 8.78 Å². The molecule has 1 aliphatic heterocycles. The van der Waals surface area contributed by atoms with Gasteiger partial charge in [0.25, 0.3) is 0 Å². The van der Waals surface area contributed by atoms with Gasteiger partial charge in [0.2, 0.25) is 5.95 Å². The molecule has 0 radical (unpaired) electrons. The number of aromatic nitrogens is 3. The number of alkyl halides is 2. The molecule has 0 spiro atoms. The topological polar surface area (TPSA) is 93.7 Å². The average molecular weight is 538 g/mol. The van der Waals surface area contributed by atoms with Gasteiger partial charge in [-0.15, -0.1) is 0 Å². The number of para-hydroxylation sites is 1. The van der Waals surface area contributed by atoms with Gasteiger partial charge in [-0.3, -0.25) is 0 Å². The molecule has 3 heterocycles. The van der Waals surface area contributed by atoms with Crippen LogP contribution in [0.3, 0.4) is 0 Å². The Labute approximate surface area is 226 Å². The summed E-state index contributed by atoms with van der Waals surface area (Å²) in [4.78, 5) is 13.1. The van der Waals surface area contributed by atoms with Crippen LogP contribution in [0.15, 0.2) is 42.7 Å². The summed E-state index contributed by atoms with van der Waals surface area (Å²) in [6, 6.07) is 9.67. The molecule has 4 aromatic rings. The number of halogens is 2. The Morgan fingerprint density at radius 1 is 1.15 bits per heavy atom. The molecule has 206 valence electrons. The van der Waals surface area contributed by atoms with Crippen LogP contribution in [-0.2, 0) is 13.0 Å². The Balaban J connectivity index is 1.53. The van der Waals surface area contributed by atoms with Crippen LogP contribution >= 0.6 is 0 Å². The third-order valence-electron chi connectivity index (χ3n) is 6.94. The molecule has 2 aromatic carbocycles. The first-order valence-corrected chi connectivity index (χ1v) is 12.8. The second-order valence-electron chi connectivity index (χ2n) is 9.90. The summed E-state index contributed by atoms with van der Waals surface area (Å²) in [6.07, 6.45) is 5.20. The number of likely N-dealkylation sites (N-methyl/N-ethyl adjacent to an activating group) is 2. The Morgan fingerprint density at radius 2 is 1.97 bits per heavy atom. The number of nitrogens with two attached hydrogens (primary N) is 1. The highest BCUT2D eigenvalue weighted by atomic mass is 19.3. The maximum Gasteiger partial charge on any atom is 0.387 e. The minimum Gasteiger partial charge on any atom is -0.494 e. The third-order valence-corrected chi connectivity index (χ3v) is 6.94. The minimum absolute atomic E-state index is 0.0939. The molecule has 0 atom stereocenters. The van der Waals surface area contributed by atoms with E-state index in [1.165, 1.54) is 11.8 Å². The summed E-state index contributed by atoms with van der Waals surface area (Å²) >= 11 is 0. The molecule has 0 bridgehead atoms. The fourth-order valence-electron chi connectivity index (χ4n) is 5.02. The van der Waals surface area contributed by atoms with Crippen molar-refractivity contribution >= 4 is 33.9 Å². The van der Waals surface area contributed by atoms with E-state index in [0.717, 1.165) is 49.1 Å². The Kier molecular flexibility index (Phi) is 7.42. The lowest BCUT2D eigenvalue weighted by Gasteiger charge is -2.24. The van der Waals surface area contributed by atoms with Crippen molar-refractivity contribution in [2.45, 2.75) is 26.0 Å². The number of hydrogen-bond donors (Lipinski definition) is 2. The SMILES string of the molecule is COc1cc(N(C)CCN(C)C)c(N)cc1Nc1ncc(OC(F)F)c(-c2cn3c4c(cccc24)CCC3)n1. The zero-order chi connectivity index (χ0) is 27.7. The first-order valence-electron chi connectivity index (χ1n) is 12.8. The molecular formula is C28H33F2N7O2. The van der Waals surface area contributed by atoms with Crippen LogP contribution in [0.25, 0.3) is 22.2 Å². The van der Waals surface area contributed by atoms with Crippen molar-refractivity contribution in [1.29, 1.82) is 0 Å². The van der Waals surface area contributed by atoms with Gasteiger partial charge >= 0.3 is 6.61 Å². The van der Waals surface area contributed by atoms with Crippen LogP contribution in [0.1, 0.15) is 12.0 Å². The standard InChI is InChI=1S/C28H33F2N7O2/c1-35(2)11-12-36(3)22-14-23(38-4)21(13-20(22)31)33-28-32-15-24(39-27(29)30)25(34-28)19-16-37-10-6-8-17-7-5-9-18(19)26(17)37/h5,7,9,13-16,27H,6,8,10-12,31H2,1-4H3,(H,32,33,34). The van der Waals surface area contributed by atoms with Gasteiger partial charge in [0.05, 0.1) is 35.9 Å². The van der Waals surface area contributed by atoms with Crippen LogP contribution in [0.5, 0.6) is 11.5 Å². The molecule has 3 N–H and O–H groups in total. The summed E-state index contributed by atoms with van der Waals surface area (Å²) in [5, 5.41) is 4.09. The molecule has 11 heteroatoms. The molecule has 5 rings (SSSR count). The van der Waals surface area contributed by atoms with Crippen LogP contribution < -0.4 is 25.4 Å². The fourth-order valence-corrected chi connectivity index (χ4v) is 5.02. The van der Waals surface area contributed by atoms with E-state index in [1.807, 2.05) is 45.5 Å². The van der Waals surface area contributed by atoms with Crippen LogP contribution in [0, 0.1) is 0 Å². The van der Waals surface area contributed by atoms with Gasteiger partial charge in [-0.05, 0) is 38.6 Å². The van der Waals surface area contributed by atoms with Crippen molar-refractivity contribution in [1.82, 2.24) is 19.4 Å². The van der Waals surface area contributed by atoms with Crippen molar-refractivity contribution in [2.24, 2.45) is 0 Å². The third kappa shape index (κ3) is 5.40. The maximum atomic E-state index is 13.3. The first-order chi connectivity index (χ1) is 18.7. The molecule has 0 aliphatic carbocycles. The van der Waals surface area contributed by atoms with Crippen molar-refractivity contribution < 1.29 is 18.3 Å². The zero-order valence-electron chi connectivity index (χ0n) is 22.5. The lowest BCUT2D eigenvalue weighted by Crippen LogP contribution is -2.29. The molecule has 1 aliphatic rings. The number of benzene rings is 2. The molecular weight excluding hydrogens is 504 g/mol. The molecule has 0 unspecified atom stereocenters. The predicted octanol–water partition coefficient (Wildman–Crippen LogP) is 4.98. The number of nitrogen functional groups attached to an aromatic ring is 1. The molecule has 0 fully saturated rings. The molecule has 0 amide bonds. The van der Waals surface area contributed by atoms with E-state index >= 15 is 0 Å². The second kappa shape index (κ2) is 10.9. The highest BCUT2D eigenvalue weighted by Crippen LogP contribution is 2.40. The fraction of sp³-hybridized carbons (Fsp3) is 0.357. The van der Waals surface area contributed by atoms with E-state index in [0.29, 0.717) is 22.7 Å². The number of rotatable bonds is 10. The summed E-state index contributed by atoms with van der Waals surface area (Å²) in [6.45, 7) is -0.524. The monoisotopic (exact) mass is 537 g/mol. The maximum absolute atomic E-state index is 13.3.